The molecule has 0 radical (unpaired) electrons. The lowest BCUT2D eigenvalue weighted by atomic mass is 10.1. The number of anilines is 1. The first-order valence-electron chi connectivity index (χ1n) is 8.67. The Labute approximate surface area is 183 Å². The maximum atomic E-state index is 12.7. The number of nitrogens with zero attached hydrogens (tertiary/aromatic N) is 1. The zero-order chi connectivity index (χ0) is 21.4. The summed E-state index contributed by atoms with van der Waals surface area (Å²) >= 11 is 8.62. The van der Waals surface area contributed by atoms with Crippen LogP contribution in [-0.4, -0.2) is 56.2 Å². The standard InChI is InChI=1S/C20H22BrN3O4S/c1-24(2)19(26)14-6-4-5-7-16(14)22-20(29)23-18(25)15-12-13(21)8-9-17(15)28-11-10-27-3/h4-9,12H,10-11H2,1-3H3,(H2,22,23,25,29). The molecular formula is C20H22BrN3O4S. The third-order valence-corrected chi connectivity index (χ3v) is 4.47. The van der Waals surface area contributed by atoms with Gasteiger partial charge in [-0.25, -0.2) is 0 Å². The molecule has 2 rings (SSSR count). The van der Waals surface area contributed by atoms with E-state index in [1.54, 1.807) is 63.7 Å². The molecule has 0 aromatic heterocycles. The number of methoxy groups -OCH3 is 1. The predicted octanol–water partition coefficient (Wildman–Crippen LogP) is 3.30. The first-order valence-corrected chi connectivity index (χ1v) is 9.88. The maximum Gasteiger partial charge on any atom is 0.261 e. The van der Waals surface area contributed by atoms with E-state index in [2.05, 4.69) is 26.6 Å². The van der Waals surface area contributed by atoms with Gasteiger partial charge >= 0.3 is 0 Å². The SMILES string of the molecule is COCCOc1ccc(Br)cc1C(=O)NC(=S)Nc1ccccc1C(=O)N(C)C. The summed E-state index contributed by atoms with van der Waals surface area (Å²) in [5, 5.41) is 5.60. The topological polar surface area (TPSA) is 79.9 Å². The van der Waals surface area contributed by atoms with Crippen LogP contribution in [0.15, 0.2) is 46.9 Å². The smallest absolute Gasteiger partial charge is 0.261 e. The van der Waals surface area contributed by atoms with E-state index in [9.17, 15) is 9.59 Å². The van der Waals surface area contributed by atoms with E-state index in [-0.39, 0.29) is 11.0 Å². The Hall–Kier alpha value is -2.49. The van der Waals surface area contributed by atoms with Gasteiger partial charge in [0.1, 0.15) is 12.4 Å². The second kappa shape index (κ2) is 10.9. The lowest BCUT2D eigenvalue weighted by Gasteiger charge is -2.16. The highest BCUT2D eigenvalue weighted by Gasteiger charge is 2.17. The molecule has 0 aliphatic heterocycles. The Bertz CT molecular complexity index is 905. The fourth-order valence-corrected chi connectivity index (χ4v) is 2.95. The van der Waals surface area contributed by atoms with Crippen LogP contribution in [-0.2, 0) is 4.74 Å². The van der Waals surface area contributed by atoms with Crippen molar-refractivity contribution in [3.05, 3.63) is 58.1 Å². The Balaban J connectivity index is 2.14. The van der Waals surface area contributed by atoms with Crippen molar-refractivity contribution < 1.29 is 19.1 Å². The van der Waals surface area contributed by atoms with Crippen molar-refractivity contribution in [2.75, 3.05) is 39.7 Å². The number of hydrogen-bond donors (Lipinski definition) is 2. The minimum absolute atomic E-state index is 0.0665. The summed E-state index contributed by atoms with van der Waals surface area (Å²) in [5.41, 5.74) is 1.26. The van der Waals surface area contributed by atoms with Crippen LogP contribution in [0.1, 0.15) is 20.7 Å². The fraction of sp³-hybridized carbons (Fsp3) is 0.250. The number of carbonyl (C=O) groups excluding carboxylic acids is 2. The van der Waals surface area contributed by atoms with Gasteiger partial charge in [0.15, 0.2) is 5.11 Å². The van der Waals surface area contributed by atoms with Crippen LogP contribution in [0.2, 0.25) is 0 Å². The molecular weight excluding hydrogens is 458 g/mol. The molecule has 0 bridgehead atoms. The molecule has 2 N–H and O–H groups in total. The average molecular weight is 480 g/mol. The van der Waals surface area contributed by atoms with Gasteiger partial charge in [-0.05, 0) is 42.5 Å². The van der Waals surface area contributed by atoms with Gasteiger partial charge in [0.25, 0.3) is 11.8 Å². The van der Waals surface area contributed by atoms with E-state index in [4.69, 9.17) is 21.7 Å². The summed E-state index contributed by atoms with van der Waals surface area (Å²) in [6.07, 6.45) is 0. The summed E-state index contributed by atoms with van der Waals surface area (Å²) in [6, 6.07) is 12.0. The van der Waals surface area contributed by atoms with Crippen LogP contribution in [0, 0.1) is 0 Å². The molecule has 0 saturated carbocycles. The zero-order valence-electron chi connectivity index (χ0n) is 16.3. The Kier molecular flexibility index (Phi) is 8.56. The molecule has 154 valence electrons. The Morgan fingerprint density at radius 3 is 2.52 bits per heavy atom. The van der Waals surface area contributed by atoms with Gasteiger partial charge in [-0.15, -0.1) is 0 Å². The van der Waals surface area contributed by atoms with Gasteiger partial charge in [-0.2, -0.15) is 0 Å². The number of benzene rings is 2. The van der Waals surface area contributed by atoms with Crippen molar-refractivity contribution in [3.63, 3.8) is 0 Å². The number of para-hydroxylation sites is 1. The molecule has 0 unspecified atom stereocenters. The lowest BCUT2D eigenvalue weighted by Crippen LogP contribution is -2.35. The van der Waals surface area contributed by atoms with Crippen LogP contribution in [0.4, 0.5) is 5.69 Å². The lowest BCUT2D eigenvalue weighted by molar-refractivity contribution is 0.0828. The number of carbonyl (C=O) groups is 2. The number of rotatable bonds is 7. The second-order valence-electron chi connectivity index (χ2n) is 6.14. The largest absolute Gasteiger partial charge is 0.490 e. The van der Waals surface area contributed by atoms with Crippen molar-refractivity contribution in [2.24, 2.45) is 0 Å². The molecule has 29 heavy (non-hydrogen) atoms. The molecule has 0 fully saturated rings. The zero-order valence-corrected chi connectivity index (χ0v) is 18.7. The molecule has 2 aromatic carbocycles. The minimum atomic E-state index is -0.437. The number of thiocarbonyl (C=S) groups is 1. The molecule has 0 saturated heterocycles. The molecule has 0 aliphatic rings. The first kappa shape index (κ1) is 22.8. The van der Waals surface area contributed by atoms with Gasteiger partial charge < -0.3 is 19.7 Å². The highest BCUT2D eigenvalue weighted by atomic mass is 79.9. The molecule has 2 amide bonds. The molecule has 9 heteroatoms. The first-order chi connectivity index (χ1) is 13.8. The molecule has 7 nitrogen and oxygen atoms in total. The van der Waals surface area contributed by atoms with E-state index < -0.39 is 5.91 Å². The summed E-state index contributed by atoms with van der Waals surface area (Å²) in [5.74, 6) is -0.204. The highest BCUT2D eigenvalue weighted by molar-refractivity contribution is 9.10. The Morgan fingerprint density at radius 1 is 1.10 bits per heavy atom. The van der Waals surface area contributed by atoms with E-state index in [1.807, 2.05) is 0 Å². The molecule has 0 atom stereocenters. The molecule has 0 spiro atoms. The number of hydrogen-bond acceptors (Lipinski definition) is 5. The van der Waals surface area contributed by atoms with E-state index in [0.717, 1.165) is 4.47 Å². The van der Waals surface area contributed by atoms with Crippen LogP contribution >= 0.6 is 28.1 Å². The number of nitrogens with one attached hydrogen (secondary N) is 2. The van der Waals surface area contributed by atoms with Crippen LogP contribution in [0.5, 0.6) is 5.75 Å². The second-order valence-corrected chi connectivity index (χ2v) is 7.46. The highest BCUT2D eigenvalue weighted by Crippen LogP contribution is 2.23. The normalized spacial score (nSPS) is 10.2. The van der Waals surface area contributed by atoms with Gasteiger partial charge in [-0.1, -0.05) is 28.1 Å². The summed E-state index contributed by atoms with van der Waals surface area (Å²) in [4.78, 5) is 26.5. The van der Waals surface area contributed by atoms with Crippen molar-refractivity contribution in [3.8, 4) is 5.75 Å². The van der Waals surface area contributed by atoms with Crippen LogP contribution in [0.25, 0.3) is 0 Å². The van der Waals surface area contributed by atoms with Gasteiger partial charge in [0.05, 0.1) is 23.4 Å². The fourth-order valence-electron chi connectivity index (χ4n) is 2.38. The van der Waals surface area contributed by atoms with Crippen molar-refractivity contribution in [1.29, 1.82) is 0 Å². The average Bonchev–Trinajstić information content (AvgIpc) is 2.68. The minimum Gasteiger partial charge on any atom is -0.490 e. The van der Waals surface area contributed by atoms with Crippen molar-refractivity contribution in [2.45, 2.75) is 0 Å². The summed E-state index contributed by atoms with van der Waals surface area (Å²) in [7, 11) is 4.90. The van der Waals surface area contributed by atoms with Crippen molar-refractivity contribution >= 4 is 50.8 Å². The predicted molar refractivity (Wildman–Crippen MR) is 120 cm³/mol. The third kappa shape index (κ3) is 6.52. The van der Waals surface area contributed by atoms with Crippen molar-refractivity contribution in [1.82, 2.24) is 10.2 Å². The van der Waals surface area contributed by atoms with Crippen LogP contribution < -0.4 is 15.4 Å². The van der Waals surface area contributed by atoms with Gasteiger partial charge in [-0.3, -0.25) is 14.9 Å². The van der Waals surface area contributed by atoms with Gasteiger partial charge in [0, 0.05) is 25.7 Å². The number of halogens is 1. The molecule has 2 aromatic rings. The quantitative estimate of drug-likeness (QED) is 0.468. The summed E-state index contributed by atoms with van der Waals surface area (Å²) in [6.45, 7) is 0.703. The van der Waals surface area contributed by atoms with E-state index in [0.29, 0.717) is 35.8 Å². The van der Waals surface area contributed by atoms with E-state index in [1.165, 1.54) is 4.90 Å². The van der Waals surface area contributed by atoms with E-state index >= 15 is 0 Å². The Morgan fingerprint density at radius 2 is 1.83 bits per heavy atom. The number of ether oxygens (including phenoxy) is 2. The third-order valence-electron chi connectivity index (χ3n) is 3.77. The monoisotopic (exact) mass is 479 g/mol. The maximum absolute atomic E-state index is 12.7. The van der Waals surface area contributed by atoms with Gasteiger partial charge in [0.2, 0.25) is 0 Å². The summed E-state index contributed by atoms with van der Waals surface area (Å²) < 4.78 is 11.3. The molecule has 0 heterocycles. The molecule has 0 aliphatic carbocycles. The van der Waals surface area contributed by atoms with Crippen LogP contribution in [0.3, 0.4) is 0 Å². The number of amides is 2.